The van der Waals surface area contributed by atoms with Crippen molar-refractivity contribution in [3.8, 4) is 0 Å². The van der Waals surface area contributed by atoms with Gasteiger partial charge in [-0.05, 0) is 13.0 Å². The highest BCUT2D eigenvalue weighted by Crippen LogP contribution is 2.51. The lowest BCUT2D eigenvalue weighted by Gasteiger charge is -2.28. The quantitative estimate of drug-likeness (QED) is 0.696. The highest BCUT2D eigenvalue weighted by molar-refractivity contribution is 5.28. The highest BCUT2D eigenvalue weighted by atomic mass is 19.4. The number of hydrogen-bond donors (Lipinski definition) is 0. The summed E-state index contributed by atoms with van der Waals surface area (Å²) >= 11 is 0. The van der Waals surface area contributed by atoms with E-state index in [2.05, 4.69) is 0 Å². The summed E-state index contributed by atoms with van der Waals surface area (Å²) in [6.07, 6.45) is -6.31. The van der Waals surface area contributed by atoms with E-state index in [9.17, 15) is 30.7 Å². The molecule has 0 aliphatic rings. The minimum Gasteiger partial charge on any atom is -0.194 e. The largest absolute Gasteiger partial charge is 0.460 e. The molecular weight excluding hydrogens is 253 g/mol. The Bertz CT molecular complexity index is 405. The summed E-state index contributed by atoms with van der Waals surface area (Å²) in [4.78, 5) is 0. The summed E-state index contributed by atoms with van der Waals surface area (Å²) in [6.45, 7) is 1.31. The van der Waals surface area contributed by atoms with Crippen LogP contribution in [0.2, 0.25) is 0 Å². The molecule has 0 aliphatic carbocycles. The lowest BCUT2D eigenvalue weighted by Crippen LogP contribution is -2.50. The molecule has 0 saturated heterocycles. The fourth-order valence-corrected chi connectivity index (χ4v) is 1.20. The summed E-state index contributed by atoms with van der Waals surface area (Å²) in [5.41, 5.74) is -1.19. The first-order valence-corrected chi connectivity index (χ1v) is 4.39. The monoisotopic (exact) mass is 260 g/mol. The summed E-state index contributed by atoms with van der Waals surface area (Å²) in [7, 11) is 0. The average molecular weight is 260 g/mol. The predicted molar refractivity (Wildman–Crippen MR) is 46.1 cm³/mol. The first kappa shape index (κ1) is 13.8. The minimum absolute atomic E-state index is 0.167. The zero-order chi connectivity index (χ0) is 13.5. The van der Waals surface area contributed by atoms with E-state index in [0.717, 1.165) is 6.07 Å². The van der Waals surface area contributed by atoms with Crippen LogP contribution in [0.1, 0.15) is 11.1 Å². The van der Waals surface area contributed by atoms with E-state index in [1.54, 1.807) is 0 Å². The first-order valence-electron chi connectivity index (χ1n) is 4.39. The van der Waals surface area contributed by atoms with Gasteiger partial charge in [-0.3, -0.25) is 0 Å². The van der Waals surface area contributed by atoms with Gasteiger partial charge in [0.15, 0.2) is 0 Å². The Morgan fingerprint density at radius 1 is 0.882 bits per heavy atom. The van der Waals surface area contributed by atoms with Crippen molar-refractivity contribution in [3.05, 3.63) is 35.4 Å². The molecule has 1 aromatic carbocycles. The number of halogens is 7. The van der Waals surface area contributed by atoms with Crippen LogP contribution in [0.15, 0.2) is 24.3 Å². The Morgan fingerprint density at radius 3 is 1.82 bits per heavy atom. The van der Waals surface area contributed by atoms with Gasteiger partial charge in [0.05, 0.1) is 0 Å². The smallest absolute Gasteiger partial charge is 0.194 e. The van der Waals surface area contributed by atoms with E-state index in [1.165, 1.54) is 13.0 Å². The van der Waals surface area contributed by atoms with Gasteiger partial charge in [0.25, 0.3) is 0 Å². The number of benzene rings is 1. The van der Waals surface area contributed by atoms with Crippen molar-refractivity contribution < 1.29 is 30.7 Å². The topological polar surface area (TPSA) is 0 Å². The standard InChI is InChI=1S/C10H7F7/c1-6-3-2-4-7(5-6)8(11,12)9(13,14)10(15,16)17/h2-5H,1H3. The molecule has 7 heteroatoms. The molecule has 1 rings (SSSR count). The van der Waals surface area contributed by atoms with Crippen LogP contribution in [0.3, 0.4) is 0 Å². The molecule has 17 heavy (non-hydrogen) atoms. The molecule has 0 bridgehead atoms. The van der Waals surface area contributed by atoms with Gasteiger partial charge in [0, 0.05) is 5.56 Å². The van der Waals surface area contributed by atoms with Crippen molar-refractivity contribution in [3.63, 3.8) is 0 Å². The van der Waals surface area contributed by atoms with Crippen molar-refractivity contribution in [1.29, 1.82) is 0 Å². The second-order valence-corrected chi connectivity index (χ2v) is 3.52. The molecule has 0 aliphatic heterocycles. The van der Waals surface area contributed by atoms with Crippen LogP contribution in [0.5, 0.6) is 0 Å². The van der Waals surface area contributed by atoms with E-state index >= 15 is 0 Å². The van der Waals surface area contributed by atoms with Gasteiger partial charge in [-0.1, -0.05) is 23.8 Å². The molecule has 1 aromatic rings. The van der Waals surface area contributed by atoms with Crippen LogP contribution in [0.25, 0.3) is 0 Å². The van der Waals surface area contributed by atoms with Gasteiger partial charge in [-0.25, -0.2) is 0 Å². The summed E-state index contributed by atoms with van der Waals surface area (Å²) < 4.78 is 87.2. The number of alkyl halides is 7. The second kappa shape index (κ2) is 3.89. The van der Waals surface area contributed by atoms with E-state index in [0.29, 0.717) is 12.1 Å². The molecule has 0 amide bonds. The molecule has 0 heterocycles. The Balaban J connectivity index is 3.28. The van der Waals surface area contributed by atoms with E-state index in [4.69, 9.17) is 0 Å². The molecule has 96 valence electrons. The lowest BCUT2D eigenvalue weighted by molar-refractivity contribution is -0.359. The molecular formula is C10H7F7. The van der Waals surface area contributed by atoms with Gasteiger partial charge in [0.1, 0.15) is 0 Å². The molecule has 0 saturated carbocycles. The third-order valence-corrected chi connectivity index (χ3v) is 2.13. The van der Waals surface area contributed by atoms with Crippen LogP contribution in [-0.4, -0.2) is 12.1 Å². The van der Waals surface area contributed by atoms with Gasteiger partial charge in [0.2, 0.25) is 0 Å². The molecule has 0 unspecified atom stereocenters. The van der Waals surface area contributed by atoms with Crippen molar-refractivity contribution in [2.24, 2.45) is 0 Å². The van der Waals surface area contributed by atoms with Crippen LogP contribution in [0, 0.1) is 6.92 Å². The highest BCUT2D eigenvalue weighted by Gasteiger charge is 2.73. The number of hydrogen-bond acceptors (Lipinski definition) is 0. The molecule has 0 N–H and O–H groups in total. The summed E-state index contributed by atoms with van der Waals surface area (Å²) in [6, 6.07) is 3.43. The van der Waals surface area contributed by atoms with E-state index < -0.39 is 23.6 Å². The molecule has 0 atom stereocenters. The van der Waals surface area contributed by atoms with Gasteiger partial charge in [-0.2, -0.15) is 30.7 Å². The fourth-order valence-electron chi connectivity index (χ4n) is 1.20. The Kier molecular flexibility index (Phi) is 3.15. The van der Waals surface area contributed by atoms with Crippen molar-refractivity contribution in [1.82, 2.24) is 0 Å². The molecule has 0 spiro atoms. The van der Waals surface area contributed by atoms with Gasteiger partial charge in [-0.15, -0.1) is 0 Å². The van der Waals surface area contributed by atoms with E-state index in [-0.39, 0.29) is 5.56 Å². The number of aryl methyl sites for hydroxylation is 1. The molecule has 0 radical (unpaired) electrons. The molecule has 0 aromatic heterocycles. The van der Waals surface area contributed by atoms with Crippen molar-refractivity contribution in [2.75, 3.05) is 0 Å². The van der Waals surface area contributed by atoms with Crippen LogP contribution >= 0.6 is 0 Å². The van der Waals surface area contributed by atoms with Crippen molar-refractivity contribution >= 4 is 0 Å². The molecule has 0 fully saturated rings. The maximum absolute atomic E-state index is 13.1. The normalized spacial score (nSPS) is 13.9. The third-order valence-electron chi connectivity index (χ3n) is 2.13. The van der Waals surface area contributed by atoms with Crippen LogP contribution in [0.4, 0.5) is 30.7 Å². The van der Waals surface area contributed by atoms with E-state index in [1.807, 2.05) is 0 Å². The summed E-state index contributed by atoms with van der Waals surface area (Å²) in [5, 5.41) is 0. The Labute approximate surface area is 92.0 Å². The zero-order valence-electron chi connectivity index (χ0n) is 8.46. The van der Waals surface area contributed by atoms with Crippen LogP contribution in [-0.2, 0) is 5.92 Å². The number of rotatable bonds is 2. The van der Waals surface area contributed by atoms with Crippen molar-refractivity contribution in [2.45, 2.75) is 24.9 Å². The third kappa shape index (κ3) is 2.23. The first-order chi connectivity index (χ1) is 7.50. The van der Waals surface area contributed by atoms with Gasteiger partial charge < -0.3 is 0 Å². The average Bonchev–Trinajstić information content (AvgIpc) is 2.15. The molecule has 0 nitrogen and oxygen atoms in total. The summed E-state index contributed by atoms with van der Waals surface area (Å²) in [5.74, 6) is -11.4. The van der Waals surface area contributed by atoms with Crippen LogP contribution < -0.4 is 0 Å². The predicted octanol–water partition coefficient (Wildman–Crippen LogP) is 4.28. The lowest BCUT2D eigenvalue weighted by atomic mass is 10.00. The zero-order valence-corrected chi connectivity index (χ0v) is 8.46. The Morgan fingerprint density at radius 2 is 1.41 bits per heavy atom. The maximum Gasteiger partial charge on any atom is 0.460 e. The van der Waals surface area contributed by atoms with Gasteiger partial charge >= 0.3 is 18.0 Å². The maximum atomic E-state index is 13.1. The fraction of sp³-hybridized carbons (Fsp3) is 0.400. The minimum atomic E-state index is -6.31. The second-order valence-electron chi connectivity index (χ2n) is 3.52. The Hall–Kier alpha value is -1.27. The SMILES string of the molecule is Cc1cccc(C(F)(F)C(F)(F)C(F)(F)F)c1.